The summed E-state index contributed by atoms with van der Waals surface area (Å²) in [5.41, 5.74) is -1.44. The van der Waals surface area contributed by atoms with E-state index >= 15 is 0 Å². The van der Waals surface area contributed by atoms with Crippen LogP contribution in [0.15, 0.2) is 12.1 Å². The largest absolute Gasteiger partial charge is 0.488 e. The number of ether oxygens (including phenoxy) is 1. The molecule has 1 amide bonds. The lowest BCUT2D eigenvalue weighted by atomic mass is 10.2. The molecule has 4 nitrogen and oxygen atoms in total. The Labute approximate surface area is 101 Å². The normalized spacial score (nSPS) is 15.3. The van der Waals surface area contributed by atoms with Crippen LogP contribution in [0.1, 0.15) is 29.0 Å². The van der Waals surface area contributed by atoms with Crippen molar-refractivity contribution in [2.75, 3.05) is 7.05 Å². The SMILES string of the molecule is CNC(=O)c1nc(C(F)(F)F)ccc1OC1CC1. The Balaban J connectivity index is 2.37. The van der Waals surface area contributed by atoms with E-state index in [1.54, 1.807) is 0 Å². The van der Waals surface area contributed by atoms with Crippen molar-refractivity contribution in [3.63, 3.8) is 0 Å². The zero-order valence-corrected chi connectivity index (χ0v) is 9.54. The fraction of sp³-hybridized carbons (Fsp3) is 0.455. The van der Waals surface area contributed by atoms with Crippen molar-refractivity contribution in [3.8, 4) is 5.75 Å². The Bertz CT molecular complexity index is 470. The van der Waals surface area contributed by atoms with Gasteiger partial charge in [0.25, 0.3) is 5.91 Å². The third-order valence-corrected chi connectivity index (χ3v) is 2.41. The molecular weight excluding hydrogens is 249 g/mol. The topological polar surface area (TPSA) is 51.2 Å². The summed E-state index contributed by atoms with van der Waals surface area (Å²) < 4.78 is 42.9. The van der Waals surface area contributed by atoms with Gasteiger partial charge in [-0.3, -0.25) is 4.79 Å². The summed E-state index contributed by atoms with van der Waals surface area (Å²) in [6.45, 7) is 0. The number of nitrogens with zero attached hydrogens (tertiary/aromatic N) is 1. The van der Waals surface area contributed by atoms with Crippen LogP contribution >= 0.6 is 0 Å². The van der Waals surface area contributed by atoms with Gasteiger partial charge in [0.2, 0.25) is 0 Å². The number of carbonyl (C=O) groups is 1. The second kappa shape index (κ2) is 4.47. The van der Waals surface area contributed by atoms with Gasteiger partial charge in [0.15, 0.2) is 11.4 Å². The molecule has 1 aromatic rings. The summed E-state index contributed by atoms with van der Waals surface area (Å²) in [6, 6.07) is 1.95. The number of nitrogens with one attached hydrogen (secondary N) is 1. The maximum Gasteiger partial charge on any atom is 0.433 e. The molecule has 0 aliphatic heterocycles. The minimum atomic E-state index is -4.58. The molecule has 0 radical (unpaired) electrons. The van der Waals surface area contributed by atoms with Gasteiger partial charge >= 0.3 is 6.18 Å². The van der Waals surface area contributed by atoms with E-state index in [1.807, 2.05) is 0 Å². The molecule has 1 aliphatic carbocycles. The average molecular weight is 260 g/mol. The predicted molar refractivity (Wildman–Crippen MR) is 56.3 cm³/mol. The number of alkyl halides is 3. The van der Waals surface area contributed by atoms with Crippen molar-refractivity contribution in [1.29, 1.82) is 0 Å². The fourth-order valence-corrected chi connectivity index (χ4v) is 1.35. The molecule has 98 valence electrons. The molecule has 0 bridgehead atoms. The Morgan fingerprint density at radius 2 is 2.11 bits per heavy atom. The van der Waals surface area contributed by atoms with E-state index in [4.69, 9.17) is 4.74 Å². The highest BCUT2D eigenvalue weighted by Crippen LogP contribution is 2.32. The number of amides is 1. The molecule has 1 N–H and O–H groups in total. The van der Waals surface area contributed by atoms with Crippen molar-refractivity contribution < 1.29 is 22.7 Å². The molecule has 0 aromatic carbocycles. The number of halogens is 3. The van der Waals surface area contributed by atoms with E-state index in [0.29, 0.717) is 0 Å². The summed E-state index contributed by atoms with van der Waals surface area (Å²) in [5.74, 6) is -0.610. The lowest BCUT2D eigenvalue weighted by Gasteiger charge is -2.12. The third kappa shape index (κ3) is 2.72. The van der Waals surface area contributed by atoms with Crippen molar-refractivity contribution >= 4 is 5.91 Å². The van der Waals surface area contributed by atoms with Gasteiger partial charge in [-0.05, 0) is 25.0 Å². The minimum absolute atomic E-state index is 0.0213. The first-order valence-electron chi connectivity index (χ1n) is 5.39. The highest BCUT2D eigenvalue weighted by atomic mass is 19.4. The van der Waals surface area contributed by atoms with Crippen molar-refractivity contribution in [2.45, 2.75) is 25.1 Å². The van der Waals surface area contributed by atoms with Gasteiger partial charge in [-0.1, -0.05) is 0 Å². The summed E-state index contributed by atoms with van der Waals surface area (Å²) >= 11 is 0. The Morgan fingerprint density at radius 1 is 1.44 bits per heavy atom. The Kier molecular flexibility index (Phi) is 3.14. The number of aromatic nitrogens is 1. The molecule has 1 aliphatic rings. The maximum atomic E-state index is 12.5. The van der Waals surface area contributed by atoms with Gasteiger partial charge < -0.3 is 10.1 Å². The monoisotopic (exact) mass is 260 g/mol. The lowest BCUT2D eigenvalue weighted by molar-refractivity contribution is -0.141. The lowest BCUT2D eigenvalue weighted by Crippen LogP contribution is -2.22. The highest BCUT2D eigenvalue weighted by molar-refractivity contribution is 5.94. The number of carbonyl (C=O) groups excluding carboxylic acids is 1. The second-order valence-electron chi connectivity index (χ2n) is 3.94. The number of hydrogen-bond donors (Lipinski definition) is 1. The molecule has 2 rings (SSSR count). The summed E-state index contributed by atoms with van der Waals surface area (Å²) in [4.78, 5) is 14.8. The fourth-order valence-electron chi connectivity index (χ4n) is 1.35. The molecule has 0 unspecified atom stereocenters. The molecular formula is C11H11F3N2O2. The van der Waals surface area contributed by atoms with E-state index in [1.165, 1.54) is 7.05 Å². The third-order valence-electron chi connectivity index (χ3n) is 2.41. The Hall–Kier alpha value is -1.79. The average Bonchev–Trinajstić information content (AvgIpc) is 3.11. The van der Waals surface area contributed by atoms with Crippen LogP contribution in [0, 0.1) is 0 Å². The van der Waals surface area contributed by atoms with Crippen LogP contribution in [-0.4, -0.2) is 24.0 Å². The van der Waals surface area contributed by atoms with Crippen LogP contribution in [0.5, 0.6) is 5.75 Å². The first kappa shape index (κ1) is 12.7. The summed E-state index contributed by atoms with van der Waals surface area (Å²) in [7, 11) is 1.32. The van der Waals surface area contributed by atoms with Crippen molar-refractivity contribution in [1.82, 2.24) is 10.3 Å². The number of rotatable bonds is 3. The summed E-state index contributed by atoms with van der Waals surface area (Å²) in [6.07, 6.45) is -2.92. The molecule has 18 heavy (non-hydrogen) atoms. The molecule has 1 fully saturated rings. The molecule has 0 spiro atoms. The van der Waals surface area contributed by atoms with E-state index in [9.17, 15) is 18.0 Å². The highest BCUT2D eigenvalue weighted by Gasteiger charge is 2.34. The minimum Gasteiger partial charge on any atom is -0.488 e. The molecule has 1 aromatic heterocycles. The smallest absolute Gasteiger partial charge is 0.433 e. The van der Waals surface area contributed by atoms with Gasteiger partial charge in [-0.25, -0.2) is 4.98 Å². The van der Waals surface area contributed by atoms with E-state index in [-0.39, 0.29) is 17.5 Å². The quantitative estimate of drug-likeness (QED) is 0.904. The zero-order valence-electron chi connectivity index (χ0n) is 9.54. The zero-order chi connectivity index (χ0) is 13.3. The van der Waals surface area contributed by atoms with E-state index in [0.717, 1.165) is 25.0 Å². The van der Waals surface area contributed by atoms with Crippen molar-refractivity contribution in [2.24, 2.45) is 0 Å². The Morgan fingerprint density at radius 3 is 2.61 bits per heavy atom. The first-order valence-corrected chi connectivity index (χ1v) is 5.39. The first-order chi connectivity index (χ1) is 8.41. The van der Waals surface area contributed by atoms with Gasteiger partial charge in [0.05, 0.1) is 6.10 Å². The number of pyridine rings is 1. The van der Waals surface area contributed by atoms with Gasteiger partial charge in [0, 0.05) is 7.05 Å². The van der Waals surface area contributed by atoms with Crippen molar-refractivity contribution in [3.05, 3.63) is 23.5 Å². The standard InChI is InChI=1S/C11H11F3N2O2/c1-15-10(17)9-7(18-6-2-3-6)4-5-8(16-9)11(12,13)14/h4-6H,2-3H2,1H3,(H,15,17). The van der Waals surface area contributed by atoms with Crippen LogP contribution < -0.4 is 10.1 Å². The molecule has 0 atom stereocenters. The van der Waals surface area contributed by atoms with Crippen LogP contribution in [0.3, 0.4) is 0 Å². The van der Waals surface area contributed by atoms with Crippen LogP contribution in [0.2, 0.25) is 0 Å². The molecule has 1 saturated carbocycles. The summed E-state index contributed by atoms with van der Waals surface area (Å²) in [5, 5.41) is 2.25. The molecule has 1 heterocycles. The second-order valence-corrected chi connectivity index (χ2v) is 3.94. The number of hydrogen-bond acceptors (Lipinski definition) is 3. The molecule has 7 heteroatoms. The predicted octanol–water partition coefficient (Wildman–Crippen LogP) is 2.00. The van der Waals surface area contributed by atoms with E-state index < -0.39 is 17.8 Å². The van der Waals surface area contributed by atoms with Gasteiger partial charge in [0.1, 0.15) is 5.69 Å². The van der Waals surface area contributed by atoms with Crippen LogP contribution in [0.25, 0.3) is 0 Å². The van der Waals surface area contributed by atoms with Gasteiger partial charge in [-0.2, -0.15) is 13.2 Å². The maximum absolute atomic E-state index is 12.5. The van der Waals surface area contributed by atoms with Crippen LogP contribution in [0.4, 0.5) is 13.2 Å². The van der Waals surface area contributed by atoms with E-state index in [2.05, 4.69) is 10.3 Å². The molecule has 0 saturated heterocycles. The van der Waals surface area contributed by atoms with Gasteiger partial charge in [-0.15, -0.1) is 0 Å². The van der Waals surface area contributed by atoms with Crippen LogP contribution in [-0.2, 0) is 6.18 Å².